The molecule has 1 atom stereocenters. The molecule has 1 heterocycles. The lowest BCUT2D eigenvalue weighted by molar-refractivity contribution is -0.385. The molecule has 2 aromatic rings. The third-order valence-electron chi connectivity index (χ3n) is 3.31. The monoisotopic (exact) mass is 322 g/mol. The Morgan fingerprint density at radius 1 is 1.52 bits per heavy atom. The van der Waals surface area contributed by atoms with Crippen LogP contribution in [0.3, 0.4) is 0 Å². The molecule has 2 N–H and O–H groups in total. The lowest BCUT2D eigenvalue weighted by atomic mass is 10.1. The smallest absolute Gasteiger partial charge is 0.322 e. The lowest BCUT2D eigenvalue weighted by Crippen LogP contribution is -2.30. The fourth-order valence-corrected chi connectivity index (χ4v) is 2.25. The molecule has 8 nitrogen and oxygen atoms in total. The van der Waals surface area contributed by atoms with Crippen molar-refractivity contribution >= 4 is 11.6 Å². The van der Waals surface area contributed by atoms with E-state index in [1.54, 1.807) is 6.07 Å². The molecule has 0 bridgehead atoms. The van der Waals surface area contributed by atoms with Crippen LogP contribution in [0, 0.1) is 22.9 Å². The number of benzene rings is 1. The molecular formula is C14H15FN4O4. The van der Waals surface area contributed by atoms with Gasteiger partial charge in [-0.05, 0) is 13.0 Å². The van der Waals surface area contributed by atoms with Gasteiger partial charge >= 0.3 is 5.69 Å². The normalized spacial score (nSPS) is 12.0. The molecule has 23 heavy (non-hydrogen) atoms. The third kappa shape index (κ3) is 3.34. The van der Waals surface area contributed by atoms with E-state index in [2.05, 4.69) is 10.4 Å². The minimum atomic E-state index is -1.27. The van der Waals surface area contributed by atoms with Gasteiger partial charge in [-0.25, -0.2) is 4.39 Å². The first-order valence-electron chi connectivity index (χ1n) is 6.71. The molecule has 0 saturated heterocycles. The molecule has 0 radical (unpaired) electrons. The van der Waals surface area contributed by atoms with E-state index in [1.165, 1.54) is 32.2 Å². The third-order valence-corrected chi connectivity index (χ3v) is 3.31. The van der Waals surface area contributed by atoms with Gasteiger partial charge in [0.15, 0.2) is 0 Å². The van der Waals surface area contributed by atoms with Crippen LogP contribution in [0.2, 0.25) is 0 Å². The Hall–Kier alpha value is -2.81. The van der Waals surface area contributed by atoms with Crippen LogP contribution in [0.25, 0.3) is 0 Å². The van der Waals surface area contributed by atoms with Crippen LogP contribution in [0.4, 0.5) is 10.1 Å². The molecule has 1 unspecified atom stereocenters. The number of rotatable bonds is 5. The summed E-state index contributed by atoms with van der Waals surface area (Å²) in [5.41, 5.74) is -0.487. The van der Waals surface area contributed by atoms with Crippen LogP contribution in [0.15, 0.2) is 24.3 Å². The maximum absolute atomic E-state index is 13.5. The molecule has 0 aliphatic carbocycles. The highest BCUT2D eigenvalue weighted by Gasteiger charge is 2.29. The van der Waals surface area contributed by atoms with E-state index in [-0.39, 0.29) is 23.5 Å². The summed E-state index contributed by atoms with van der Waals surface area (Å²) in [6, 6.07) is 5.61. The second-order valence-corrected chi connectivity index (χ2v) is 4.91. The fourth-order valence-electron chi connectivity index (χ4n) is 2.25. The second-order valence-electron chi connectivity index (χ2n) is 4.91. The number of aryl methyl sites for hydroxylation is 2. The van der Waals surface area contributed by atoms with Crippen molar-refractivity contribution in [3.63, 3.8) is 0 Å². The van der Waals surface area contributed by atoms with Crippen molar-refractivity contribution in [2.75, 3.05) is 6.54 Å². The van der Waals surface area contributed by atoms with Crippen molar-refractivity contribution in [3.05, 3.63) is 57.1 Å². The minimum absolute atomic E-state index is 0.0310. The number of hydrogen-bond acceptors (Lipinski definition) is 5. The molecule has 0 fully saturated rings. The van der Waals surface area contributed by atoms with Crippen LogP contribution in [-0.4, -0.2) is 32.3 Å². The van der Waals surface area contributed by atoms with E-state index < -0.39 is 28.4 Å². The molecule has 1 aromatic heterocycles. The highest BCUT2D eigenvalue weighted by Crippen LogP contribution is 2.22. The van der Waals surface area contributed by atoms with Gasteiger partial charge in [0.2, 0.25) is 5.69 Å². The number of aromatic nitrogens is 2. The van der Waals surface area contributed by atoms with Crippen LogP contribution in [-0.2, 0) is 7.05 Å². The fraction of sp³-hybridized carbons (Fsp3) is 0.286. The summed E-state index contributed by atoms with van der Waals surface area (Å²) in [7, 11) is 1.40. The summed E-state index contributed by atoms with van der Waals surface area (Å²) in [5, 5.41) is 27.2. The molecule has 1 amide bonds. The zero-order chi connectivity index (χ0) is 17.1. The molecule has 0 spiro atoms. The molecule has 2 rings (SSSR count). The van der Waals surface area contributed by atoms with E-state index in [0.717, 1.165) is 4.68 Å². The van der Waals surface area contributed by atoms with Gasteiger partial charge in [-0.15, -0.1) is 0 Å². The van der Waals surface area contributed by atoms with Crippen molar-refractivity contribution in [1.82, 2.24) is 15.1 Å². The van der Waals surface area contributed by atoms with E-state index in [1.807, 2.05) is 0 Å². The van der Waals surface area contributed by atoms with E-state index in [0.29, 0.717) is 0 Å². The number of carbonyl (C=O) groups is 1. The van der Waals surface area contributed by atoms with Gasteiger partial charge in [-0.3, -0.25) is 19.6 Å². The number of halogens is 1. The average molecular weight is 322 g/mol. The van der Waals surface area contributed by atoms with E-state index >= 15 is 0 Å². The Morgan fingerprint density at radius 2 is 2.17 bits per heavy atom. The van der Waals surface area contributed by atoms with E-state index in [4.69, 9.17) is 0 Å². The van der Waals surface area contributed by atoms with Crippen LogP contribution < -0.4 is 5.32 Å². The molecule has 9 heteroatoms. The Morgan fingerprint density at radius 3 is 2.78 bits per heavy atom. The first-order valence-corrected chi connectivity index (χ1v) is 6.71. The predicted molar refractivity (Wildman–Crippen MR) is 78.3 cm³/mol. The maximum atomic E-state index is 13.5. The van der Waals surface area contributed by atoms with Gasteiger partial charge in [0.25, 0.3) is 5.91 Å². The first-order chi connectivity index (χ1) is 10.8. The zero-order valence-electron chi connectivity index (χ0n) is 12.5. The second kappa shape index (κ2) is 6.53. The zero-order valence-corrected chi connectivity index (χ0v) is 12.5. The van der Waals surface area contributed by atoms with Crippen molar-refractivity contribution in [3.8, 4) is 0 Å². The van der Waals surface area contributed by atoms with Crippen LogP contribution >= 0.6 is 0 Å². The molecule has 0 aliphatic heterocycles. The van der Waals surface area contributed by atoms with Gasteiger partial charge in [0, 0.05) is 19.2 Å². The van der Waals surface area contributed by atoms with Crippen molar-refractivity contribution < 1.29 is 19.2 Å². The Bertz CT molecular complexity index is 759. The number of carbonyl (C=O) groups excluding carboxylic acids is 1. The lowest BCUT2D eigenvalue weighted by Gasteiger charge is -2.12. The van der Waals surface area contributed by atoms with Gasteiger partial charge in [-0.1, -0.05) is 18.2 Å². The molecule has 0 aliphatic rings. The maximum Gasteiger partial charge on any atom is 0.322 e. The molecule has 0 saturated carbocycles. The minimum Gasteiger partial charge on any atom is -0.386 e. The first kappa shape index (κ1) is 16.6. The highest BCUT2D eigenvalue weighted by atomic mass is 19.1. The number of nitrogens with zero attached hydrogens (tertiary/aromatic N) is 3. The summed E-state index contributed by atoms with van der Waals surface area (Å²) < 4.78 is 14.6. The average Bonchev–Trinajstić information content (AvgIpc) is 2.79. The summed E-state index contributed by atoms with van der Waals surface area (Å²) in [6.07, 6.45) is -1.27. The molecule has 122 valence electrons. The number of nitro groups is 1. The van der Waals surface area contributed by atoms with Crippen LogP contribution in [0.5, 0.6) is 0 Å². The summed E-state index contributed by atoms with van der Waals surface area (Å²) in [6.45, 7) is 1.13. The number of aliphatic hydroxyl groups excluding tert-OH is 1. The summed E-state index contributed by atoms with van der Waals surface area (Å²) in [5.74, 6) is -1.37. The number of hydrogen-bond donors (Lipinski definition) is 2. The van der Waals surface area contributed by atoms with E-state index in [9.17, 15) is 24.4 Å². The highest BCUT2D eigenvalue weighted by molar-refractivity contribution is 5.96. The Balaban J connectivity index is 2.15. The van der Waals surface area contributed by atoms with Crippen molar-refractivity contribution in [2.45, 2.75) is 13.0 Å². The van der Waals surface area contributed by atoms with Gasteiger partial charge < -0.3 is 10.4 Å². The quantitative estimate of drug-likeness (QED) is 0.635. The Labute approximate surface area is 130 Å². The number of amides is 1. The predicted octanol–water partition coefficient (Wildman–Crippen LogP) is 1.24. The standard InChI is InChI=1S/C14H15FN4O4/c1-8-12(19(22)23)13(18(2)17-8)14(21)16-7-11(20)9-5-3-4-6-10(9)15/h3-6,11,20H,7H2,1-2H3,(H,16,21). The largest absolute Gasteiger partial charge is 0.386 e. The SMILES string of the molecule is Cc1nn(C)c(C(=O)NCC(O)c2ccccc2F)c1[N+](=O)[O-]. The number of aliphatic hydroxyl groups is 1. The van der Waals surface area contributed by atoms with Crippen molar-refractivity contribution in [2.24, 2.45) is 7.05 Å². The summed E-state index contributed by atoms with van der Waals surface area (Å²) in [4.78, 5) is 22.5. The van der Waals surface area contributed by atoms with Gasteiger partial charge in [0.1, 0.15) is 11.5 Å². The number of nitrogens with one attached hydrogen (secondary N) is 1. The summed E-state index contributed by atoms with van der Waals surface area (Å²) >= 11 is 0. The van der Waals surface area contributed by atoms with Crippen molar-refractivity contribution in [1.29, 1.82) is 0 Å². The van der Waals surface area contributed by atoms with Gasteiger partial charge in [0.05, 0.1) is 11.0 Å². The topological polar surface area (TPSA) is 110 Å². The van der Waals surface area contributed by atoms with Gasteiger partial charge in [-0.2, -0.15) is 5.10 Å². The molecule has 1 aromatic carbocycles. The Kier molecular flexibility index (Phi) is 4.70. The van der Waals surface area contributed by atoms with Crippen LogP contribution in [0.1, 0.15) is 27.8 Å². The molecular weight excluding hydrogens is 307 g/mol.